The van der Waals surface area contributed by atoms with Crippen LogP contribution in [0.5, 0.6) is 5.75 Å². The van der Waals surface area contributed by atoms with Crippen LogP contribution in [0.1, 0.15) is 37.0 Å². The van der Waals surface area contributed by atoms with Crippen molar-refractivity contribution >= 4 is 0 Å². The molecule has 0 spiro atoms. The topological polar surface area (TPSA) is 35.2 Å². The zero-order valence-corrected chi connectivity index (χ0v) is 10.5. The molecule has 2 rings (SSSR count). The second kappa shape index (κ2) is 4.10. The second-order valence-electron chi connectivity index (χ2n) is 5.29. The Bertz CT molecular complexity index is 396. The van der Waals surface area contributed by atoms with E-state index in [-0.39, 0.29) is 5.60 Å². The van der Waals surface area contributed by atoms with Gasteiger partial charge in [0.1, 0.15) is 11.4 Å². The number of aryl methyl sites for hydroxylation is 2. The molecule has 1 aromatic carbocycles. The maximum Gasteiger partial charge on any atom is 0.123 e. The summed E-state index contributed by atoms with van der Waals surface area (Å²) in [5.41, 5.74) is 9.60. The summed E-state index contributed by atoms with van der Waals surface area (Å²) in [5.74, 6) is 1.06. The summed E-state index contributed by atoms with van der Waals surface area (Å²) in [6, 6.07) is 4.44. The molecule has 0 unspecified atom stereocenters. The zero-order valence-electron chi connectivity index (χ0n) is 10.5. The van der Waals surface area contributed by atoms with E-state index in [0.717, 1.165) is 25.0 Å². The van der Waals surface area contributed by atoms with E-state index in [1.54, 1.807) is 0 Å². The van der Waals surface area contributed by atoms with Gasteiger partial charge >= 0.3 is 0 Å². The SMILES string of the molecule is Cc1cc2c(cc1CCN)CCC(C)(C)O2. The number of benzene rings is 1. The van der Waals surface area contributed by atoms with Gasteiger partial charge < -0.3 is 10.5 Å². The minimum atomic E-state index is -0.0190. The molecule has 16 heavy (non-hydrogen) atoms. The summed E-state index contributed by atoms with van der Waals surface area (Å²) in [6.45, 7) is 7.15. The molecule has 2 nitrogen and oxygen atoms in total. The van der Waals surface area contributed by atoms with Crippen molar-refractivity contribution in [2.75, 3.05) is 6.54 Å². The van der Waals surface area contributed by atoms with E-state index in [0.29, 0.717) is 6.54 Å². The van der Waals surface area contributed by atoms with Crippen LogP contribution in [-0.2, 0) is 12.8 Å². The fraction of sp³-hybridized carbons (Fsp3) is 0.571. The Morgan fingerprint density at radius 3 is 2.81 bits per heavy atom. The van der Waals surface area contributed by atoms with E-state index in [4.69, 9.17) is 10.5 Å². The van der Waals surface area contributed by atoms with Crippen LogP contribution >= 0.6 is 0 Å². The lowest BCUT2D eigenvalue weighted by atomic mass is 9.91. The van der Waals surface area contributed by atoms with E-state index in [9.17, 15) is 0 Å². The molecule has 1 aliphatic heterocycles. The minimum Gasteiger partial charge on any atom is -0.488 e. The smallest absolute Gasteiger partial charge is 0.123 e. The largest absolute Gasteiger partial charge is 0.488 e. The van der Waals surface area contributed by atoms with Crippen LogP contribution in [0, 0.1) is 6.92 Å². The van der Waals surface area contributed by atoms with E-state index < -0.39 is 0 Å². The Balaban J connectivity index is 2.34. The van der Waals surface area contributed by atoms with Gasteiger partial charge in [-0.15, -0.1) is 0 Å². The lowest BCUT2D eigenvalue weighted by Gasteiger charge is -2.33. The first-order valence-corrected chi connectivity index (χ1v) is 6.03. The van der Waals surface area contributed by atoms with Crippen molar-refractivity contribution in [3.63, 3.8) is 0 Å². The van der Waals surface area contributed by atoms with Crippen LogP contribution in [0.3, 0.4) is 0 Å². The van der Waals surface area contributed by atoms with Crippen LogP contribution < -0.4 is 10.5 Å². The predicted molar refractivity (Wildman–Crippen MR) is 67.0 cm³/mol. The van der Waals surface area contributed by atoms with Gasteiger partial charge in [0, 0.05) is 0 Å². The van der Waals surface area contributed by atoms with Crippen molar-refractivity contribution in [1.82, 2.24) is 0 Å². The molecule has 2 N–H and O–H groups in total. The molecule has 1 aliphatic rings. The molecular formula is C14H21NO. The van der Waals surface area contributed by atoms with Crippen LogP contribution in [0.15, 0.2) is 12.1 Å². The Kier molecular flexibility index (Phi) is 2.94. The first kappa shape index (κ1) is 11.5. The first-order valence-electron chi connectivity index (χ1n) is 6.03. The molecule has 2 heteroatoms. The molecular weight excluding hydrogens is 198 g/mol. The van der Waals surface area contributed by atoms with Gasteiger partial charge in [0.05, 0.1) is 0 Å². The Morgan fingerprint density at radius 2 is 2.12 bits per heavy atom. The summed E-state index contributed by atoms with van der Waals surface area (Å²) >= 11 is 0. The minimum absolute atomic E-state index is 0.0190. The van der Waals surface area contributed by atoms with Crippen molar-refractivity contribution in [3.05, 3.63) is 28.8 Å². The quantitative estimate of drug-likeness (QED) is 0.829. The van der Waals surface area contributed by atoms with Gasteiger partial charge in [0.15, 0.2) is 0 Å². The Hall–Kier alpha value is -1.02. The highest BCUT2D eigenvalue weighted by Gasteiger charge is 2.26. The van der Waals surface area contributed by atoms with Crippen LogP contribution in [0.2, 0.25) is 0 Å². The molecule has 0 amide bonds. The number of hydrogen-bond donors (Lipinski definition) is 1. The molecule has 1 aromatic rings. The summed E-state index contributed by atoms with van der Waals surface area (Å²) < 4.78 is 6.00. The molecule has 1 heterocycles. The summed E-state index contributed by atoms with van der Waals surface area (Å²) in [6.07, 6.45) is 3.16. The fourth-order valence-electron chi connectivity index (χ4n) is 2.28. The third-order valence-electron chi connectivity index (χ3n) is 3.32. The Morgan fingerprint density at radius 1 is 1.38 bits per heavy atom. The number of fused-ring (bicyclic) bond motifs is 1. The molecule has 0 aliphatic carbocycles. The highest BCUT2D eigenvalue weighted by molar-refractivity contribution is 5.44. The molecule has 0 aromatic heterocycles. The van der Waals surface area contributed by atoms with Crippen molar-refractivity contribution in [3.8, 4) is 5.75 Å². The average Bonchev–Trinajstić information content (AvgIpc) is 2.19. The van der Waals surface area contributed by atoms with Crippen LogP contribution in [0.4, 0.5) is 0 Å². The van der Waals surface area contributed by atoms with Crippen molar-refractivity contribution in [2.24, 2.45) is 5.73 Å². The molecule has 0 atom stereocenters. The zero-order chi connectivity index (χ0) is 11.8. The van der Waals surface area contributed by atoms with Gasteiger partial charge in [-0.05, 0) is 69.3 Å². The summed E-state index contributed by atoms with van der Waals surface area (Å²) in [4.78, 5) is 0. The van der Waals surface area contributed by atoms with Gasteiger partial charge in [-0.3, -0.25) is 0 Å². The maximum atomic E-state index is 6.00. The normalized spacial score (nSPS) is 17.8. The lowest BCUT2D eigenvalue weighted by molar-refractivity contribution is 0.0846. The fourth-order valence-corrected chi connectivity index (χ4v) is 2.28. The van der Waals surface area contributed by atoms with Crippen molar-refractivity contribution in [1.29, 1.82) is 0 Å². The van der Waals surface area contributed by atoms with Crippen LogP contribution in [0.25, 0.3) is 0 Å². The summed E-state index contributed by atoms with van der Waals surface area (Å²) in [7, 11) is 0. The van der Waals surface area contributed by atoms with E-state index in [2.05, 4.69) is 32.9 Å². The number of nitrogens with two attached hydrogens (primary N) is 1. The van der Waals surface area contributed by atoms with Gasteiger partial charge in [0.25, 0.3) is 0 Å². The maximum absolute atomic E-state index is 6.00. The standard InChI is InChI=1S/C14H21NO/c1-10-8-13-12(9-11(10)5-7-15)4-6-14(2,3)16-13/h8-9H,4-7,15H2,1-3H3. The Labute approximate surface area is 97.8 Å². The van der Waals surface area contributed by atoms with E-state index in [1.807, 2.05) is 0 Å². The van der Waals surface area contributed by atoms with Gasteiger partial charge in [-0.25, -0.2) is 0 Å². The number of ether oxygens (including phenoxy) is 1. The third-order valence-corrected chi connectivity index (χ3v) is 3.32. The molecule has 0 bridgehead atoms. The van der Waals surface area contributed by atoms with Crippen molar-refractivity contribution in [2.45, 2.75) is 45.6 Å². The highest BCUT2D eigenvalue weighted by atomic mass is 16.5. The first-order chi connectivity index (χ1) is 7.52. The lowest BCUT2D eigenvalue weighted by Crippen LogP contribution is -2.32. The molecule has 88 valence electrons. The van der Waals surface area contributed by atoms with Gasteiger partial charge in [-0.2, -0.15) is 0 Å². The number of rotatable bonds is 2. The monoisotopic (exact) mass is 219 g/mol. The van der Waals surface area contributed by atoms with Gasteiger partial charge in [0.2, 0.25) is 0 Å². The second-order valence-corrected chi connectivity index (χ2v) is 5.29. The van der Waals surface area contributed by atoms with Crippen molar-refractivity contribution < 1.29 is 4.74 Å². The van der Waals surface area contributed by atoms with Crippen LogP contribution in [-0.4, -0.2) is 12.1 Å². The molecule has 0 saturated heterocycles. The highest BCUT2D eigenvalue weighted by Crippen LogP contribution is 2.34. The van der Waals surface area contributed by atoms with E-state index >= 15 is 0 Å². The number of hydrogen-bond acceptors (Lipinski definition) is 2. The molecule has 0 saturated carbocycles. The third kappa shape index (κ3) is 2.22. The predicted octanol–water partition coefficient (Wildman–Crippen LogP) is 2.60. The summed E-state index contributed by atoms with van der Waals surface area (Å²) in [5, 5.41) is 0. The van der Waals surface area contributed by atoms with E-state index in [1.165, 1.54) is 16.7 Å². The molecule has 0 fully saturated rings. The average molecular weight is 219 g/mol. The molecule has 0 radical (unpaired) electrons. The van der Waals surface area contributed by atoms with Gasteiger partial charge in [-0.1, -0.05) is 6.07 Å².